The highest BCUT2D eigenvalue weighted by Gasteiger charge is 2.09. The van der Waals surface area contributed by atoms with Gasteiger partial charge in [-0.05, 0) is 19.1 Å². The molecule has 7 nitrogen and oxygen atoms in total. The van der Waals surface area contributed by atoms with Gasteiger partial charge in [0.2, 0.25) is 10.1 Å². The minimum atomic E-state index is -0.159. The lowest BCUT2D eigenvalue weighted by Gasteiger charge is -1.99. The number of rotatable bonds is 5. The van der Waals surface area contributed by atoms with Crippen LogP contribution >= 0.6 is 34.4 Å². The topological polar surface area (TPSA) is 85.1 Å². The number of nitrogens with one attached hydrogen (secondary N) is 1. The predicted molar refractivity (Wildman–Crippen MR) is 101 cm³/mol. The highest BCUT2D eigenvalue weighted by atomic mass is 32.2. The smallest absolute Gasteiger partial charge is 0.275 e. The Bertz CT molecular complexity index is 1070. The average molecular weight is 389 g/mol. The summed E-state index contributed by atoms with van der Waals surface area (Å²) in [4.78, 5) is 17.2. The first-order valence-electron chi connectivity index (χ1n) is 7.32. The second-order valence-electron chi connectivity index (χ2n) is 5.05. The van der Waals surface area contributed by atoms with Gasteiger partial charge in [0.15, 0.2) is 4.34 Å². The second-order valence-corrected chi connectivity index (χ2v) is 8.41. The molecule has 3 aromatic heterocycles. The van der Waals surface area contributed by atoms with Gasteiger partial charge in [0, 0.05) is 17.5 Å². The van der Waals surface area contributed by atoms with Crippen LogP contribution in [0.3, 0.4) is 0 Å². The van der Waals surface area contributed by atoms with Gasteiger partial charge in [-0.3, -0.25) is 4.79 Å². The van der Waals surface area contributed by atoms with E-state index < -0.39 is 0 Å². The summed E-state index contributed by atoms with van der Waals surface area (Å²) in [5.74, 6) is 0.558. The number of thioether (sulfide) groups is 1. The summed E-state index contributed by atoms with van der Waals surface area (Å²) in [5.41, 5.74) is 1.52. The third-order valence-electron chi connectivity index (χ3n) is 3.17. The number of anilines is 2. The highest BCUT2D eigenvalue weighted by molar-refractivity contribution is 8.00. The molecule has 0 fully saturated rings. The molecule has 0 aliphatic carbocycles. The van der Waals surface area contributed by atoms with E-state index in [0.717, 1.165) is 20.2 Å². The molecule has 0 aliphatic heterocycles. The molecule has 0 aliphatic rings. The summed E-state index contributed by atoms with van der Waals surface area (Å²) in [7, 11) is 0. The Morgan fingerprint density at radius 2 is 2.04 bits per heavy atom. The molecule has 4 aromatic rings. The van der Waals surface area contributed by atoms with Gasteiger partial charge >= 0.3 is 0 Å². The van der Waals surface area contributed by atoms with E-state index in [1.165, 1.54) is 45.0 Å². The maximum absolute atomic E-state index is 12.1. The standard InChI is InChI=1S/C15H12N6OS3/c1-9-20-21-12(22)7-11(17-14(21)24-9)8-23-15-19-18-13(25-15)16-10-5-3-2-4-6-10/h2-7H,8H2,1H3,(H,16,18). The van der Waals surface area contributed by atoms with Crippen LogP contribution < -0.4 is 10.9 Å². The highest BCUT2D eigenvalue weighted by Crippen LogP contribution is 2.29. The number of hydrogen-bond acceptors (Lipinski definition) is 9. The molecule has 1 N–H and O–H groups in total. The third-order valence-corrected chi connectivity index (χ3v) is 6.00. The molecule has 0 saturated carbocycles. The van der Waals surface area contributed by atoms with Gasteiger partial charge in [0.25, 0.3) is 5.56 Å². The zero-order valence-electron chi connectivity index (χ0n) is 13.0. The van der Waals surface area contributed by atoms with E-state index in [2.05, 4.69) is 25.6 Å². The lowest BCUT2D eigenvalue weighted by atomic mass is 10.3. The summed E-state index contributed by atoms with van der Waals surface area (Å²) in [6.07, 6.45) is 0. The van der Waals surface area contributed by atoms with Gasteiger partial charge in [-0.1, -0.05) is 52.6 Å². The van der Waals surface area contributed by atoms with E-state index in [1.807, 2.05) is 37.3 Å². The zero-order valence-corrected chi connectivity index (χ0v) is 15.5. The Morgan fingerprint density at radius 1 is 1.20 bits per heavy atom. The van der Waals surface area contributed by atoms with Crippen molar-refractivity contribution in [2.24, 2.45) is 0 Å². The number of hydrogen-bond donors (Lipinski definition) is 1. The van der Waals surface area contributed by atoms with Crippen molar-refractivity contribution in [1.82, 2.24) is 24.8 Å². The fourth-order valence-corrected chi connectivity index (χ4v) is 4.56. The number of aromatic nitrogens is 5. The zero-order chi connectivity index (χ0) is 17.2. The van der Waals surface area contributed by atoms with Crippen LogP contribution in [0.4, 0.5) is 10.8 Å². The van der Waals surface area contributed by atoms with E-state index in [4.69, 9.17) is 0 Å². The third kappa shape index (κ3) is 3.70. The van der Waals surface area contributed by atoms with Gasteiger partial charge in [0.05, 0.1) is 5.69 Å². The maximum Gasteiger partial charge on any atom is 0.275 e. The molecule has 126 valence electrons. The van der Waals surface area contributed by atoms with Crippen molar-refractivity contribution in [1.29, 1.82) is 0 Å². The predicted octanol–water partition coefficient (Wildman–Crippen LogP) is 3.35. The molecule has 25 heavy (non-hydrogen) atoms. The summed E-state index contributed by atoms with van der Waals surface area (Å²) >= 11 is 4.38. The summed E-state index contributed by atoms with van der Waals surface area (Å²) in [6, 6.07) is 11.3. The number of benzene rings is 1. The number of para-hydroxylation sites is 1. The Labute approximate surface area is 154 Å². The van der Waals surface area contributed by atoms with Crippen LogP contribution in [-0.4, -0.2) is 24.8 Å². The quantitative estimate of drug-likeness (QED) is 0.525. The van der Waals surface area contributed by atoms with E-state index in [1.54, 1.807) is 0 Å². The van der Waals surface area contributed by atoms with Crippen LogP contribution in [-0.2, 0) is 5.75 Å². The van der Waals surface area contributed by atoms with Crippen LogP contribution in [0.25, 0.3) is 4.96 Å². The van der Waals surface area contributed by atoms with Crippen LogP contribution in [0.2, 0.25) is 0 Å². The van der Waals surface area contributed by atoms with Crippen molar-refractivity contribution in [2.75, 3.05) is 5.32 Å². The molecule has 0 unspecified atom stereocenters. The molecule has 10 heteroatoms. The molecule has 1 aromatic carbocycles. The van der Waals surface area contributed by atoms with Crippen molar-refractivity contribution >= 4 is 50.2 Å². The molecule has 0 radical (unpaired) electrons. The van der Waals surface area contributed by atoms with Gasteiger partial charge in [0.1, 0.15) is 5.01 Å². The molecular formula is C15H12N6OS3. The van der Waals surface area contributed by atoms with Gasteiger partial charge in [-0.15, -0.1) is 10.2 Å². The van der Waals surface area contributed by atoms with Crippen LogP contribution in [0.1, 0.15) is 10.7 Å². The van der Waals surface area contributed by atoms with Gasteiger partial charge < -0.3 is 5.32 Å². The minimum Gasteiger partial charge on any atom is -0.330 e. The van der Waals surface area contributed by atoms with Crippen LogP contribution in [0.15, 0.2) is 45.5 Å². The molecule has 0 atom stereocenters. The van der Waals surface area contributed by atoms with Crippen LogP contribution in [0, 0.1) is 6.92 Å². The van der Waals surface area contributed by atoms with Crippen molar-refractivity contribution in [3.63, 3.8) is 0 Å². The largest absolute Gasteiger partial charge is 0.330 e. The average Bonchev–Trinajstić information content (AvgIpc) is 3.20. The monoisotopic (exact) mass is 388 g/mol. The van der Waals surface area contributed by atoms with E-state index >= 15 is 0 Å². The SMILES string of the molecule is Cc1nn2c(=O)cc(CSc3nnc(Nc4ccccc4)s3)nc2s1. The molecule has 0 spiro atoms. The number of aryl methyl sites for hydroxylation is 1. The molecular weight excluding hydrogens is 376 g/mol. The van der Waals surface area contributed by atoms with Crippen molar-refractivity contribution < 1.29 is 0 Å². The van der Waals surface area contributed by atoms with Gasteiger partial charge in [-0.25, -0.2) is 4.98 Å². The fraction of sp³-hybridized carbons (Fsp3) is 0.133. The second kappa shape index (κ2) is 6.90. The summed E-state index contributed by atoms with van der Waals surface area (Å²) in [6.45, 7) is 1.86. The van der Waals surface area contributed by atoms with Crippen LogP contribution in [0.5, 0.6) is 0 Å². The number of fused-ring (bicyclic) bond motifs is 1. The molecule has 0 amide bonds. The molecule has 4 rings (SSSR count). The molecule has 0 bridgehead atoms. The van der Waals surface area contributed by atoms with Crippen molar-refractivity contribution in [2.45, 2.75) is 17.0 Å². The summed E-state index contributed by atoms with van der Waals surface area (Å²) in [5, 5.41) is 17.2. The first-order chi connectivity index (χ1) is 12.2. The first kappa shape index (κ1) is 16.2. The normalized spacial score (nSPS) is 11.1. The molecule has 0 saturated heterocycles. The Morgan fingerprint density at radius 3 is 2.88 bits per heavy atom. The van der Waals surface area contributed by atoms with E-state index in [-0.39, 0.29) is 5.56 Å². The maximum atomic E-state index is 12.1. The Hall–Kier alpha value is -2.30. The first-order valence-corrected chi connectivity index (χ1v) is 9.94. The lowest BCUT2D eigenvalue weighted by molar-refractivity contribution is 0.871. The molecule has 3 heterocycles. The minimum absolute atomic E-state index is 0.159. The van der Waals surface area contributed by atoms with Crippen molar-refractivity contribution in [3.8, 4) is 0 Å². The Balaban J connectivity index is 1.46. The fourth-order valence-electron chi connectivity index (χ4n) is 2.13. The van der Waals surface area contributed by atoms with Crippen molar-refractivity contribution in [3.05, 3.63) is 57.5 Å². The lowest BCUT2D eigenvalue weighted by Crippen LogP contribution is -2.15. The summed E-state index contributed by atoms with van der Waals surface area (Å²) < 4.78 is 2.15. The van der Waals surface area contributed by atoms with Gasteiger partial charge in [-0.2, -0.15) is 9.61 Å². The van der Waals surface area contributed by atoms with E-state index in [0.29, 0.717) is 16.4 Å². The van der Waals surface area contributed by atoms with E-state index in [9.17, 15) is 4.79 Å². The Kier molecular flexibility index (Phi) is 4.47. The number of nitrogens with zero attached hydrogens (tertiary/aromatic N) is 5.